The molecule has 0 spiro atoms. The van der Waals surface area contributed by atoms with E-state index in [0.717, 1.165) is 23.6 Å². The minimum absolute atomic E-state index is 0.220. The minimum Gasteiger partial charge on any atom is -0.497 e. The van der Waals surface area contributed by atoms with Crippen LogP contribution in [0.2, 0.25) is 0 Å². The number of methoxy groups -OCH3 is 2. The fraction of sp³-hybridized carbons (Fsp3) is 0.625. The van der Waals surface area contributed by atoms with Crippen molar-refractivity contribution >= 4 is 0 Å². The van der Waals surface area contributed by atoms with Crippen LogP contribution in [-0.2, 0) is 0 Å². The van der Waals surface area contributed by atoms with E-state index in [2.05, 4.69) is 12.2 Å². The molecule has 0 bridgehead atoms. The van der Waals surface area contributed by atoms with E-state index in [1.54, 1.807) is 14.2 Å². The maximum absolute atomic E-state index is 5.86. The zero-order valence-corrected chi connectivity index (χ0v) is 12.7. The van der Waals surface area contributed by atoms with Crippen LogP contribution >= 0.6 is 0 Å². The number of benzene rings is 1. The van der Waals surface area contributed by atoms with E-state index in [1.807, 2.05) is 18.2 Å². The SMILES string of the molecule is COc1ccc(OC)c(C(C)NC2CCCC2CN)c1. The second kappa shape index (κ2) is 6.95. The first-order valence-electron chi connectivity index (χ1n) is 7.37. The summed E-state index contributed by atoms with van der Waals surface area (Å²) in [5, 5.41) is 3.71. The molecule has 3 N–H and O–H groups in total. The smallest absolute Gasteiger partial charge is 0.123 e. The Morgan fingerprint density at radius 1 is 1.30 bits per heavy atom. The lowest BCUT2D eigenvalue weighted by atomic mass is 10.0. The van der Waals surface area contributed by atoms with Crippen LogP contribution in [0.4, 0.5) is 0 Å². The molecule has 2 rings (SSSR count). The average molecular weight is 278 g/mol. The summed E-state index contributed by atoms with van der Waals surface area (Å²) in [7, 11) is 3.39. The predicted molar refractivity (Wildman–Crippen MR) is 81.3 cm³/mol. The Morgan fingerprint density at radius 2 is 2.10 bits per heavy atom. The maximum Gasteiger partial charge on any atom is 0.123 e. The molecular weight excluding hydrogens is 252 g/mol. The quantitative estimate of drug-likeness (QED) is 0.839. The van der Waals surface area contributed by atoms with Crippen molar-refractivity contribution in [2.45, 2.75) is 38.3 Å². The van der Waals surface area contributed by atoms with Crippen LogP contribution < -0.4 is 20.5 Å². The first-order chi connectivity index (χ1) is 9.69. The standard InChI is InChI=1S/C16H26N2O2/c1-11(18-15-6-4-5-12(15)10-17)14-9-13(19-2)7-8-16(14)20-3/h7-9,11-12,15,18H,4-6,10,17H2,1-3H3. The van der Waals surface area contributed by atoms with Gasteiger partial charge in [-0.25, -0.2) is 0 Å². The molecule has 20 heavy (non-hydrogen) atoms. The highest BCUT2D eigenvalue weighted by atomic mass is 16.5. The molecule has 0 heterocycles. The first-order valence-corrected chi connectivity index (χ1v) is 7.37. The molecule has 1 aliphatic rings. The molecule has 0 aliphatic heterocycles. The highest BCUT2D eigenvalue weighted by Gasteiger charge is 2.27. The van der Waals surface area contributed by atoms with E-state index in [-0.39, 0.29) is 6.04 Å². The fourth-order valence-corrected chi connectivity index (χ4v) is 3.13. The summed E-state index contributed by atoms with van der Waals surface area (Å²) in [6, 6.07) is 6.65. The van der Waals surface area contributed by atoms with E-state index in [0.29, 0.717) is 12.0 Å². The van der Waals surface area contributed by atoms with E-state index in [1.165, 1.54) is 19.3 Å². The molecular formula is C16H26N2O2. The number of nitrogens with one attached hydrogen (secondary N) is 1. The molecule has 0 aromatic heterocycles. The molecule has 0 amide bonds. The van der Waals surface area contributed by atoms with Crippen LogP contribution in [0.3, 0.4) is 0 Å². The third-order valence-electron chi connectivity index (χ3n) is 4.33. The van der Waals surface area contributed by atoms with Crippen molar-refractivity contribution in [3.63, 3.8) is 0 Å². The molecule has 3 atom stereocenters. The van der Waals surface area contributed by atoms with Gasteiger partial charge in [0.1, 0.15) is 11.5 Å². The molecule has 1 aliphatic carbocycles. The van der Waals surface area contributed by atoms with E-state index in [9.17, 15) is 0 Å². The Labute approximate surface area is 121 Å². The Hall–Kier alpha value is -1.26. The van der Waals surface area contributed by atoms with Crippen LogP contribution in [-0.4, -0.2) is 26.8 Å². The summed E-state index contributed by atoms with van der Waals surface area (Å²) >= 11 is 0. The molecule has 4 heteroatoms. The zero-order valence-electron chi connectivity index (χ0n) is 12.7. The van der Waals surface area contributed by atoms with Crippen molar-refractivity contribution < 1.29 is 9.47 Å². The number of ether oxygens (including phenoxy) is 2. The van der Waals surface area contributed by atoms with Crippen LogP contribution in [0.1, 0.15) is 37.8 Å². The number of hydrogen-bond donors (Lipinski definition) is 2. The number of nitrogens with two attached hydrogens (primary N) is 1. The Balaban J connectivity index is 2.13. The zero-order chi connectivity index (χ0) is 14.5. The fourth-order valence-electron chi connectivity index (χ4n) is 3.13. The van der Waals surface area contributed by atoms with Crippen molar-refractivity contribution in [3.05, 3.63) is 23.8 Å². The van der Waals surface area contributed by atoms with Gasteiger partial charge >= 0.3 is 0 Å². The van der Waals surface area contributed by atoms with Crippen molar-refractivity contribution in [1.82, 2.24) is 5.32 Å². The third kappa shape index (κ3) is 3.25. The highest BCUT2D eigenvalue weighted by molar-refractivity contribution is 5.42. The lowest BCUT2D eigenvalue weighted by Crippen LogP contribution is -2.37. The van der Waals surface area contributed by atoms with Crippen LogP contribution in [0.25, 0.3) is 0 Å². The summed E-state index contributed by atoms with van der Waals surface area (Å²) in [6.07, 6.45) is 3.70. The van der Waals surface area contributed by atoms with Crippen LogP contribution in [0, 0.1) is 5.92 Å². The van der Waals surface area contributed by atoms with Gasteiger partial charge in [-0.3, -0.25) is 0 Å². The second-order valence-electron chi connectivity index (χ2n) is 5.53. The van der Waals surface area contributed by atoms with Crippen molar-refractivity contribution in [2.24, 2.45) is 11.7 Å². The first kappa shape index (κ1) is 15.1. The van der Waals surface area contributed by atoms with Crippen molar-refractivity contribution in [1.29, 1.82) is 0 Å². The summed E-state index contributed by atoms with van der Waals surface area (Å²) in [5.41, 5.74) is 6.99. The Kier molecular flexibility index (Phi) is 5.26. The van der Waals surface area contributed by atoms with Crippen molar-refractivity contribution in [3.8, 4) is 11.5 Å². The lowest BCUT2D eigenvalue weighted by molar-refractivity contribution is 0.357. The topological polar surface area (TPSA) is 56.5 Å². The molecule has 4 nitrogen and oxygen atoms in total. The summed E-state index contributed by atoms with van der Waals surface area (Å²) < 4.78 is 10.8. The normalized spacial score (nSPS) is 23.6. The highest BCUT2D eigenvalue weighted by Crippen LogP contribution is 2.32. The molecule has 1 fully saturated rings. The predicted octanol–water partition coefficient (Wildman–Crippen LogP) is 2.48. The second-order valence-corrected chi connectivity index (χ2v) is 5.53. The van der Waals surface area contributed by atoms with Crippen molar-refractivity contribution in [2.75, 3.05) is 20.8 Å². The lowest BCUT2D eigenvalue weighted by Gasteiger charge is -2.25. The molecule has 1 aromatic rings. The van der Waals surface area contributed by atoms with Gasteiger partial charge in [-0.15, -0.1) is 0 Å². The molecule has 1 saturated carbocycles. The number of rotatable bonds is 6. The van der Waals surface area contributed by atoms with E-state index in [4.69, 9.17) is 15.2 Å². The summed E-state index contributed by atoms with van der Waals surface area (Å²) in [6.45, 7) is 2.93. The van der Waals surface area contributed by atoms with Gasteiger partial charge in [-0.1, -0.05) is 6.42 Å². The van der Waals surface area contributed by atoms with Gasteiger partial charge in [0, 0.05) is 17.6 Å². The summed E-state index contributed by atoms with van der Waals surface area (Å²) in [5.74, 6) is 2.35. The third-order valence-corrected chi connectivity index (χ3v) is 4.33. The number of hydrogen-bond acceptors (Lipinski definition) is 4. The Bertz CT molecular complexity index is 436. The molecule has 112 valence electrons. The maximum atomic E-state index is 5.86. The average Bonchev–Trinajstić information content (AvgIpc) is 2.93. The monoisotopic (exact) mass is 278 g/mol. The van der Waals surface area contributed by atoms with Gasteiger partial charge in [0.2, 0.25) is 0 Å². The molecule has 1 aromatic carbocycles. The van der Waals surface area contributed by atoms with E-state index < -0.39 is 0 Å². The van der Waals surface area contributed by atoms with Crippen LogP contribution in [0.15, 0.2) is 18.2 Å². The van der Waals surface area contributed by atoms with Gasteiger partial charge in [0.25, 0.3) is 0 Å². The van der Waals surface area contributed by atoms with E-state index >= 15 is 0 Å². The largest absolute Gasteiger partial charge is 0.497 e. The van der Waals surface area contributed by atoms with Gasteiger partial charge < -0.3 is 20.5 Å². The molecule has 3 unspecified atom stereocenters. The van der Waals surface area contributed by atoms with Gasteiger partial charge in [-0.2, -0.15) is 0 Å². The van der Waals surface area contributed by atoms with Crippen LogP contribution in [0.5, 0.6) is 11.5 Å². The minimum atomic E-state index is 0.220. The van der Waals surface area contributed by atoms with Gasteiger partial charge in [0.15, 0.2) is 0 Å². The molecule has 0 radical (unpaired) electrons. The summed E-state index contributed by atoms with van der Waals surface area (Å²) in [4.78, 5) is 0. The van der Waals surface area contributed by atoms with Gasteiger partial charge in [-0.05, 0) is 50.4 Å². The van der Waals surface area contributed by atoms with Gasteiger partial charge in [0.05, 0.1) is 14.2 Å². The Morgan fingerprint density at radius 3 is 2.75 bits per heavy atom. The molecule has 0 saturated heterocycles.